The second-order valence-corrected chi connectivity index (χ2v) is 6.53. The van der Waals surface area contributed by atoms with Crippen molar-refractivity contribution in [3.63, 3.8) is 0 Å². The van der Waals surface area contributed by atoms with E-state index >= 15 is 0 Å². The molecular formula is C15H28N2O3. The van der Waals surface area contributed by atoms with Gasteiger partial charge in [0.25, 0.3) is 0 Å². The van der Waals surface area contributed by atoms with Gasteiger partial charge in [-0.25, -0.2) is 4.79 Å². The topological polar surface area (TPSA) is 67.4 Å². The van der Waals surface area contributed by atoms with Crippen molar-refractivity contribution in [2.24, 2.45) is 0 Å². The summed E-state index contributed by atoms with van der Waals surface area (Å²) in [7, 11) is 0. The third-order valence-electron chi connectivity index (χ3n) is 3.42. The predicted molar refractivity (Wildman–Crippen MR) is 78.5 cm³/mol. The Balaban J connectivity index is 2.73. The maximum Gasteiger partial charge on any atom is 0.408 e. The number of nitrogens with one attached hydrogen (secondary N) is 2. The van der Waals surface area contributed by atoms with Crippen molar-refractivity contribution < 1.29 is 14.3 Å². The van der Waals surface area contributed by atoms with Crippen LogP contribution in [-0.4, -0.2) is 29.7 Å². The van der Waals surface area contributed by atoms with Gasteiger partial charge in [0, 0.05) is 6.54 Å². The average molecular weight is 284 g/mol. The molecular weight excluding hydrogens is 256 g/mol. The molecule has 0 bridgehead atoms. The molecule has 20 heavy (non-hydrogen) atoms. The van der Waals surface area contributed by atoms with E-state index in [0.717, 1.165) is 25.7 Å². The fourth-order valence-corrected chi connectivity index (χ4v) is 2.47. The minimum atomic E-state index is -0.796. The maximum atomic E-state index is 12.4. The van der Waals surface area contributed by atoms with Crippen molar-refractivity contribution in [3.8, 4) is 0 Å². The number of hydrogen-bond acceptors (Lipinski definition) is 3. The summed E-state index contributed by atoms with van der Waals surface area (Å²) < 4.78 is 5.29. The Morgan fingerprint density at radius 3 is 2.25 bits per heavy atom. The quantitative estimate of drug-likeness (QED) is 0.834. The Bertz CT molecular complexity index is 342. The summed E-state index contributed by atoms with van der Waals surface area (Å²) >= 11 is 0. The van der Waals surface area contributed by atoms with Crippen LogP contribution in [0.4, 0.5) is 4.79 Å². The maximum absolute atomic E-state index is 12.4. The standard InChI is InChI=1S/C15H28N2O3/c1-5-11-16-12(18)15(9-7-6-8-10-15)17-13(19)20-14(2,3)4/h5-11H2,1-4H3,(H,16,18)(H,17,19). The number of ether oxygens (including phenoxy) is 1. The Kier molecular flexibility index (Phi) is 5.84. The van der Waals surface area contributed by atoms with Crippen LogP contribution >= 0.6 is 0 Å². The molecule has 0 spiro atoms. The molecule has 0 atom stereocenters. The molecule has 0 aliphatic heterocycles. The molecule has 0 aromatic carbocycles. The van der Waals surface area contributed by atoms with Crippen LogP contribution < -0.4 is 10.6 Å². The molecule has 1 rings (SSSR count). The lowest BCUT2D eigenvalue weighted by Gasteiger charge is -2.37. The molecule has 1 aliphatic carbocycles. The minimum absolute atomic E-state index is 0.0788. The highest BCUT2D eigenvalue weighted by atomic mass is 16.6. The van der Waals surface area contributed by atoms with Gasteiger partial charge in [0.1, 0.15) is 11.1 Å². The molecule has 0 aromatic heterocycles. The third kappa shape index (κ3) is 5.02. The van der Waals surface area contributed by atoms with E-state index in [1.807, 2.05) is 27.7 Å². The molecule has 116 valence electrons. The second-order valence-electron chi connectivity index (χ2n) is 6.53. The van der Waals surface area contributed by atoms with Crippen molar-refractivity contribution in [2.45, 2.75) is 77.4 Å². The summed E-state index contributed by atoms with van der Waals surface area (Å²) in [6.45, 7) is 8.09. The first-order valence-electron chi connectivity index (χ1n) is 7.58. The number of alkyl carbamates (subject to hydrolysis) is 1. The first kappa shape index (κ1) is 16.8. The number of rotatable bonds is 4. The van der Waals surface area contributed by atoms with Crippen LogP contribution in [0.25, 0.3) is 0 Å². The van der Waals surface area contributed by atoms with Crippen LogP contribution in [0.2, 0.25) is 0 Å². The van der Waals surface area contributed by atoms with Crippen LogP contribution in [0, 0.1) is 0 Å². The first-order valence-corrected chi connectivity index (χ1v) is 7.58. The highest BCUT2D eigenvalue weighted by Gasteiger charge is 2.41. The fourth-order valence-electron chi connectivity index (χ4n) is 2.47. The Labute approximate surface area is 121 Å². The highest BCUT2D eigenvalue weighted by Crippen LogP contribution is 2.29. The molecule has 0 unspecified atom stereocenters. The lowest BCUT2D eigenvalue weighted by Crippen LogP contribution is -2.60. The van der Waals surface area contributed by atoms with Crippen molar-refractivity contribution in [1.29, 1.82) is 0 Å². The van der Waals surface area contributed by atoms with Crippen LogP contribution in [-0.2, 0) is 9.53 Å². The number of hydrogen-bond donors (Lipinski definition) is 2. The van der Waals surface area contributed by atoms with Crippen LogP contribution in [0.1, 0.15) is 66.2 Å². The van der Waals surface area contributed by atoms with E-state index in [2.05, 4.69) is 10.6 Å². The van der Waals surface area contributed by atoms with Crippen LogP contribution in [0.5, 0.6) is 0 Å². The van der Waals surface area contributed by atoms with Crippen LogP contribution in [0.3, 0.4) is 0 Å². The highest BCUT2D eigenvalue weighted by molar-refractivity contribution is 5.90. The molecule has 0 aromatic rings. The van der Waals surface area contributed by atoms with Gasteiger partial charge in [-0.05, 0) is 40.0 Å². The smallest absolute Gasteiger partial charge is 0.408 e. The first-order chi connectivity index (χ1) is 9.29. The zero-order chi connectivity index (χ0) is 15.2. The predicted octanol–water partition coefficient (Wildman–Crippen LogP) is 2.74. The van der Waals surface area contributed by atoms with E-state index in [4.69, 9.17) is 4.74 Å². The van der Waals surface area contributed by atoms with Gasteiger partial charge in [-0.1, -0.05) is 26.2 Å². The molecule has 5 nitrogen and oxygen atoms in total. The third-order valence-corrected chi connectivity index (χ3v) is 3.42. The molecule has 2 N–H and O–H groups in total. The fraction of sp³-hybridized carbons (Fsp3) is 0.867. The van der Waals surface area contributed by atoms with E-state index in [9.17, 15) is 9.59 Å². The molecule has 0 saturated heterocycles. The normalized spacial score (nSPS) is 18.2. The van der Waals surface area contributed by atoms with Gasteiger partial charge in [-0.2, -0.15) is 0 Å². The number of carbonyl (C=O) groups is 2. The van der Waals surface area contributed by atoms with Gasteiger partial charge in [0.15, 0.2) is 0 Å². The summed E-state index contributed by atoms with van der Waals surface area (Å²) in [6, 6.07) is 0. The van der Waals surface area contributed by atoms with Gasteiger partial charge in [-0.3, -0.25) is 4.79 Å². The van der Waals surface area contributed by atoms with Gasteiger partial charge < -0.3 is 15.4 Å². The number of amides is 2. The van der Waals surface area contributed by atoms with E-state index < -0.39 is 17.2 Å². The molecule has 0 radical (unpaired) electrons. The van der Waals surface area contributed by atoms with E-state index in [1.54, 1.807) is 0 Å². The van der Waals surface area contributed by atoms with Gasteiger partial charge in [0.05, 0.1) is 0 Å². The lowest BCUT2D eigenvalue weighted by molar-refractivity contribution is -0.129. The van der Waals surface area contributed by atoms with Crippen molar-refractivity contribution in [1.82, 2.24) is 10.6 Å². The van der Waals surface area contributed by atoms with Crippen molar-refractivity contribution >= 4 is 12.0 Å². The van der Waals surface area contributed by atoms with Crippen molar-refractivity contribution in [3.05, 3.63) is 0 Å². The molecule has 5 heteroatoms. The van der Waals surface area contributed by atoms with E-state index in [-0.39, 0.29) is 5.91 Å². The summed E-state index contributed by atoms with van der Waals surface area (Å²) in [5, 5.41) is 5.73. The molecule has 1 fully saturated rings. The Hall–Kier alpha value is -1.26. The number of carbonyl (C=O) groups excluding carboxylic acids is 2. The summed E-state index contributed by atoms with van der Waals surface area (Å²) in [4.78, 5) is 24.4. The zero-order valence-corrected chi connectivity index (χ0v) is 13.2. The monoisotopic (exact) mass is 284 g/mol. The zero-order valence-electron chi connectivity index (χ0n) is 13.2. The Morgan fingerprint density at radius 1 is 1.15 bits per heavy atom. The molecule has 2 amide bonds. The summed E-state index contributed by atoms with van der Waals surface area (Å²) in [5.41, 5.74) is -1.35. The van der Waals surface area contributed by atoms with Crippen LogP contribution in [0.15, 0.2) is 0 Å². The largest absolute Gasteiger partial charge is 0.444 e. The lowest BCUT2D eigenvalue weighted by atomic mass is 9.81. The molecule has 1 saturated carbocycles. The van der Waals surface area contributed by atoms with Gasteiger partial charge >= 0.3 is 6.09 Å². The van der Waals surface area contributed by atoms with Gasteiger partial charge in [-0.15, -0.1) is 0 Å². The molecule has 0 heterocycles. The SMILES string of the molecule is CCCNC(=O)C1(NC(=O)OC(C)(C)C)CCCCC1. The van der Waals surface area contributed by atoms with E-state index in [0.29, 0.717) is 19.4 Å². The average Bonchev–Trinajstić information content (AvgIpc) is 2.34. The second kappa shape index (κ2) is 6.95. The molecule has 1 aliphatic rings. The van der Waals surface area contributed by atoms with Crippen molar-refractivity contribution in [2.75, 3.05) is 6.54 Å². The van der Waals surface area contributed by atoms with Gasteiger partial charge in [0.2, 0.25) is 5.91 Å². The summed E-state index contributed by atoms with van der Waals surface area (Å²) in [6.07, 6.45) is 4.76. The minimum Gasteiger partial charge on any atom is -0.444 e. The Morgan fingerprint density at radius 2 is 1.75 bits per heavy atom. The van der Waals surface area contributed by atoms with E-state index in [1.165, 1.54) is 0 Å². The summed E-state index contributed by atoms with van der Waals surface area (Å²) in [5.74, 6) is -0.0788.